The lowest BCUT2D eigenvalue weighted by Gasteiger charge is -2.34. The lowest BCUT2D eigenvalue weighted by Crippen LogP contribution is -2.56. The summed E-state index contributed by atoms with van der Waals surface area (Å²) >= 11 is 0. The van der Waals surface area contributed by atoms with E-state index in [4.69, 9.17) is 5.73 Å². The number of benzene rings is 3. The fourth-order valence-electron chi connectivity index (χ4n) is 6.18. The van der Waals surface area contributed by atoms with Crippen molar-refractivity contribution in [1.29, 1.82) is 0 Å². The van der Waals surface area contributed by atoms with E-state index in [0.29, 0.717) is 19.0 Å². The molecule has 1 heterocycles. The first kappa shape index (κ1) is 35.8. The normalized spacial score (nSPS) is 16.7. The molecular formula is C38H50FN5O3. The molecule has 4 rings (SSSR count). The van der Waals surface area contributed by atoms with Gasteiger partial charge in [0.15, 0.2) is 0 Å². The molecular weight excluding hydrogens is 593 g/mol. The Labute approximate surface area is 278 Å². The van der Waals surface area contributed by atoms with E-state index in [2.05, 4.69) is 17.3 Å². The number of nitrogens with two attached hydrogens (primary N) is 1. The maximum Gasteiger partial charge on any atom is 0.246 e. The van der Waals surface area contributed by atoms with Crippen molar-refractivity contribution in [3.63, 3.8) is 0 Å². The molecule has 3 aromatic rings. The molecule has 3 N–H and O–H groups in total. The first-order chi connectivity index (χ1) is 22.3. The van der Waals surface area contributed by atoms with Crippen LogP contribution >= 0.6 is 0 Å². The van der Waals surface area contributed by atoms with Gasteiger partial charge >= 0.3 is 0 Å². The van der Waals surface area contributed by atoms with Crippen LogP contribution in [0.4, 0.5) is 4.39 Å². The molecule has 1 aliphatic rings. The Morgan fingerprint density at radius 3 is 2.30 bits per heavy atom. The third kappa shape index (κ3) is 10.2. The van der Waals surface area contributed by atoms with Crippen molar-refractivity contribution in [1.82, 2.24) is 20.0 Å². The summed E-state index contributed by atoms with van der Waals surface area (Å²) in [4.78, 5) is 46.9. The molecule has 252 valence electrons. The van der Waals surface area contributed by atoms with Crippen molar-refractivity contribution >= 4 is 28.5 Å². The maximum absolute atomic E-state index is 14.4. The number of hydrogen-bond donors (Lipinski definition) is 2. The summed E-state index contributed by atoms with van der Waals surface area (Å²) in [6.07, 6.45) is 7.18. The zero-order chi connectivity index (χ0) is 34.1. The van der Waals surface area contributed by atoms with E-state index in [9.17, 15) is 18.8 Å². The topological polar surface area (TPSA) is 99.0 Å². The van der Waals surface area contributed by atoms with Crippen LogP contribution in [0.2, 0.25) is 0 Å². The van der Waals surface area contributed by atoms with Gasteiger partial charge in [0, 0.05) is 45.1 Å². The molecule has 1 fully saturated rings. The summed E-state index contributed by atoms with van der Waals surface area (Å²) in [5.74, 6) is -1.35. The fourth-order valence-corrected chi connectivity index (χ4v) is 6.18. The van der Waals surface area contributed by atoms with E-state index < -0.39 is 17.6 Å². The van der Waals surface area contributed by atoms with Crippen LogP contribution in [0.1, 0.15) is 50.7 Å². The molecule has 0 spiro atoms. The van der Waals surface area contributed by atoms with Gasteiger partial charge in [0.25, 0.3) is 0 Å². The second-order valence-electron chi connectivity index (χ2n) is 13.6. The summed E-state index contributed by atoms with van der Waals surface area (Å²) in [5, 5.41) is 5.17. The van der Waals surface area contributed by atoms with E-state index in [0.717, 1.165) is 47.7 Å². The molecule has 8 nitrogen and oxygen atoms in total. The van der Waals surface area contributed by atoms with Crippen molar-refractivity contribution in [2.24, 2.45) is 5.73 Å². The number of nitrogens with zero attached hydrogens (tertiary/aromatic N) is 3. The third-order valence-corrected chi connectivity index (χ3v) is 9.16. The highest BCUT2D eigenvalue weighted by Gasteiger charge is 2.35. The third-order valence-electron chi connectivity index (χ3n) is 9.16. The Bertz CT molecular complexity index is 1550. The van der Waals surface area contributed by atoms with Crippen molar-refractivity contribution in [2.75, 3.05) is 34.2 Å². The van der Waals surface area contributed by atoms with Crippen LogP contribution in [0.3, 0.4) is 0 Å². The molecule has 3 amide bonds. The van der Waals surface area contributed by atoms with E-state index in [-0.39, 0.29) is 36.4 Å². The summed E-state index contributed by atoms with van der Waals surface area (Å²) in [5.41, 5.74) is 7.24. The van der Waals surface area contributed by atoms with E-state index in [1.54, 1.807) is 32.3 Å². The van der Waals surface area contributed by atoms with Gasteiger partial charge in [-0.3, -0.25) is 14.4 Å². The van der Waals surface area contributed by atoms with Gasteiger partial charge in [-0.05, 0) is 93.2 Å². The Kier molecular flexibility index (Phi) is 12.3. The average molecular weight is 644 g/mol. The Morgan fingerprint density at radius 1 is 0.979 bits per heavy atom. The van der Waals surface area contributed by atoms with Crippen LogP contribution in [-0.2, 0) is 27.2 Å². The van der Waals surface area contributed by atoms with Crippen molar-refractivity contribution in [3.8, 4) is 0 Å². The summed E-state index contributed by atoms with van der Waals surface area (Å²) in [7, 11) is 5.33. The minimum atomic E-state index is -0.889. The molecule has 1 saturated heterocycles. The smallest absolute Gasteiger partial charge is 0.246 e. The SMILES string of the molecule is CN1CCCC1CCNC(=O)[C@@H](Cc1ccc(F)cc1)N(C)C(=O)[C@@H](Cc1ccc2ccccc2c1)N(C)C(=O)/C=C/CC(C)(C)N. The van der Waals surface area contributed by atoms with Crippen LogP contribution in [0.25, 0.3) is 10.8 Å². The van der Waals surface area contributed by atoms with Crippen LogP contribution < -0.4 is 11.1 Å². The molecule has 0 bridgehead atoms. The molecule has 3 atom stereocenters. The standard InChI is InChI=1S/C38H50FN5O3/c1-38(2,40)21-8-13-35(45)43(4)34(26-28-14-17-29-10-6-7-11-30(29)24-28)37(47)44(5)33(25-27-15-18-31(39)19-16-27)36(46)41-22-20-32-12-9-23-42(32)3/h6-8,10-11,13-19,24,32-34H,9,12,20-23,25-26,40H2,1-5H3,(H,41,46)/b13-8+/t32?,33-,34-/m1/s1. The largest absolute Gasteiger partial charge is 0.354 e. The van der Waals surface area contributed by atoms with Crippen LogP contribution in [0.5, 0.6) is 0 Å². The predicted molar refractivity (Wildman–Crippen MR) is 186 cm³/mol. The number of fused-ring (bicyclic) bond motifs is 1. The first-order valence-corrected chi connectivity index (χ1v) is 16.5. The van der Waals surface area contributed by atoms with Crippen LogP contribution in [0, 0.1) is 5.82 Å². The summed E-state index contributed by atoms with van der Waals surface area (Å²) in [6, 6.07) is 18.6. The number of carbonyl (C=O) groups excluding carboxylic acids is 3. The molecule has 9 heteroatoms. The van der Waals surface area contributed by atoms with Gasteiger partial charge in [0.05, 0.1) is 0 Å². The minimum absolute atomic E-state index is 0.198. The molecule has 0 aromatic heterocycles. The molecule has 0 radical (unpaired) electrons. The number of likely N-dealkylation sites (tertiary alicyclic amines) is 1. The minimum Gasteiger partial charge on any atom is -0.354 e. The molecule has 3 aromatic carbocycles. The fraction of sp³-hybridized carbons (Fsp3) is 0.447. The second kappa shape index (κ2) is 16.2. The van der Waals surface area contributed by atoms with Gasteiger partial charge in [-0.1, -0.05) is 60.7 Å². The van der Waals surface area contributed by atoms with Gasteiger partial charge in [0.1, 0.15) is 17.9 Å². The van der Waals surface area contributed by atoms with E-state index in [1.807, 2.05) is 56.3 Å². The molecule has 0 aliphatic carbocycles. The Balaban J connectivity index is 1.60. The van der Waals surface area contributed by atoms with Gasteiger partial charge < -0.3 is 25.8 Å². The summed E-state index contributed by atoms with van der Waals surface area (Å²) < 4.78 is 13.7. The lowest BCUT2D eigenvalue weighted by molar-refractivity contribution is -0.146. The summed E-state index contributed by atoms with van der Waals surface area (Å²) in [6.45, 7) is 5.29. The molecule has 0 saturated carbocycles. The molecule has 1 unspecified atom stereocenters. The van der Waals surface area contributed by atoms with Crippen molar-refractivity contribution in [3.05, 3.63) is 95.8 Å². The average Bonchev–Trinajstić information content (AvgIpc) is 3.45. The van der Waals surface area contributed by atoms with Gasteiger partial charge in [-0.25, -0.2) is 4.39 Å². The van der Waals surface area contributed by atoms with Crippen molar-refractivity contribution in [2.45, 2.75) is 76.0 Å². The molecule has 1 aliphatic heterocycles. The number of likely N-dealkylation sites (N-methyl/N-ethyl adjacent to an activating group) is 2. The lowest BCUT2D eigenvalue weighted by atomic mass is 9.98. The predicted octanol–water partition coefficient (Wildman–Crippen LogP) is 4.70. The number of hydrogen-bond acceptors (Lipinski definition) is 5. The zero-order valence-electron chi connectivity index (χ0n) is 28.4. The zero-order valence-corrected chi connectivity index (χ0v) is 28.4. The van der Waals surface area contributed by atoms with Crippen LogP contribution in [0.15, 0.2) is 78.9 Å². The quantitative estimate of drug-likeness (QED) is 0.248. The number of rotatable bonds is 14. The highest BCUT2D eigenvalue weighted by molar-refractivity contribution is 5.95. The monoisotopic (exact) mass is 643 g/mol. The van der Waals surface area contributed by atoms with Gasteiger partial charge in [0.2, 0.25) is 17.7 Å². The van der Waals surface area contributed by atoms with Gasteiger partial charge in [-0.15, -0.1) is 0 Å². The van der Waals surface area contributed by atoms with Crippen LogP contribution in [-0.4, -0.2) is 90.3 Å². The number of halogens is 1. The highest BCUT2D eigenvalue weighted by Crippen LogP contribution is 2.21. The van der Waals surface area contributed by atoms with E-state index >= 15 is 0 Å². The number of nitrogens with one attached hydrogen (secondary N) is 1. The number of amides is 3. The first-order valence-electron chi connectivity index (χ1n) is 16.5. The highest BCUT2D eigenvalue weighted by atomic mass is 19.1. The van der Waals surface area contributed by atoms with Crippen molar-refractivity contribution < 1.29 is 18.8 Å². The number of carbonyl (C=O) groups is 3. The Hall–Kier alpha value is -4.08. The Morgan fingerprint density at radius 2 is 1.64 bits per heavy atom. The maximum atomic E-state index is 14.4. The van der Waals surface area contributed by atoms with Gasteiger partial charge in [-0.2, -0.15) is 0 Å². The second-order valence-corrected chi connectivity index (χ2v) is 13.6. The molecule has 47 heavy (non-hydrogen) atoms. The van der Waals surface area contributed by atoms with E-state index in [1.165, 1.54) is 28.0 Å².